The first-order valence-electron chi connectivity index (χ1n) is 8.94. The van der Waals surface area contributed by atoms with Crippen LogP contribution < -0.4 is 10.6 Å². The van der Waals surface area contributed by atoms with Gasteiger partial charge in [-0.05, 0) is 58.1 Å². The fourth-order valence-electron chi connectivity index (χ4n) is 2.76. The summed E-state index contributed by atoms with van der Waals surface area (Å²) in [6.07, 6.45) is 5.82. The number of nitrogens with one attached hydrogen (secondary N) is 2. The number of aliphatic imine (C=N–C) groups is 1. The predicted molar refractivity (Wildman–Crippen MR) is 115 cm³/mol. The van der Waals surface area contributed by atoms with Crippen molar-refractivity contribution in [1.82, 2.24) is 10.6 Å². The number of rotatable bonds is 8. The van der Waals surface area contributed by atoms with E-state index in [0.29, 0.717) is 13.0 Å². The Balaban J connectivity index is 0.00000312. The van der Waals surface area contributed by atoms with Crippen LogP contribution in [0.3, 0.4) is 0 Å². The molecular weight excluding hydrogens is 449 g/mol. The van der Waals surface area contributed by atoms with Gasteiger partial charge in [0.25, 0.3) is 0 Å². The summed E-state index contributed by atoms with van der Waals surface area (Å²) in [5, 5.41) is 6.52. The summed E-state index contributed by atoms with van der Waals surface area (Å²) in [7, 11) is 0. The molecule has 0 aliphatic heterocycles. The van der Waals surface area contributed by atoms with Crippen molar-refractivity contribution in [1.29, 1.82) is 0 Å². The molecule has 1 fully saturated rings. The second kappa shape index (κ2) is 12.5. The number of hydrogen-bond acceptors (Lipinski definition) is 4. The van der Waals surface area contributed by atoms with Crippen LogP contribution in [0.25, 0.3) is 0 Å². The molecule has 1 aliphatic carbocycles. The summed E-state index contributed by atoms with van der Waals surface area (Å²) in [4.78, 5) is 18.9. The zero-order valence-corrected chi connectivity index (χ0v) is 18.3. The highest BCUT2D eigenvalue weighted by molar-refractivity contribution is 14.0. The molecule has 0 amide bonds. The molecule has 7 heteroatoms. The minimum absolute atomic E-state index is 0. The number of carbonyl (C=O) groups is 1. The number of halogens is 1. The largest absolute Gasteiger partial charge is 0.462 e. The first-order chi connectivity index (χ1) is 11.7. The van der Waals surface area contributed by atoms with Gasteiger partial charge in [0.05, 0.1) is 6.54 Å². The van der Waals surface area contributed by atoms with Gasteiger partial charge in [0.1, 0.15) is 6.10 Å². The third-order valence-corrected chi connectivity index (χ3v) is 4.97. The molecule has 1 aromatic heterocycles. The minimum Gasteiger partial charge on any atom is -0.462 e. The highest BCUT2D eigenvalue weighted by Gasteiger charge is 2.18. The van der Waals surface area contributed by atoms with E-state index >= 15 is 0 Å². The Morgan fingerprint density at radius 3 is 2.72 bits per heavy atom. The van der Waals surface area contributed by atoms with Crippen molar-refractivity contribution >= 4 is 47.2 Å². The van der Waals surface area contributed by atoms with E-state index in [1.165, 1.54) is 22.6 Å². The molecule has 1 saturated carbocycles. The molecule has 0 unspecified atom stereocenters. The van der Waals surface area contributed by atoms with Gasteiger partial charge < -0.3 is 15.4 Å². The summed E-state index contributed by atoms with van der Waals surface area (Å²) < 4.78 is 5.46. The van der Waals surface area contributed by atoms with Crippen molar-refractivity contribution in [2.45, 2.75) is 65.0 Å². The SMILES string of the molecule is CCNC(=NCc1ccc(C)s1)NCCCC(=O)OC1CCCC1.I. The van der Waals surface area contributed by atoms with Crippen LogP contribution in [0.15, 0.2) is 17.1 Å². The van der Waals surface area contributed by atoms with Gasteiger partial charge in [-0.25, -0.2) is 4.99 Å². The van der Waals surface area contributed by atoms with Crippen LogP contribution in [-0.4, -0.2) is 31.1 Å². The lowest BCUT2D eigenvalue weighted by atomic mass is 10.3. The Morgan fingerprint density at radius 1 is 1.32 bits per heavy atom. The molecule has 0 aromatic carbocycles. The Hall–Kier alpha value is -0.830. The van der Waals surface area contributed by atoms with Crippen molar-refractivity contribution in [2.24, 2.45) is 4.99 Å². The lowest BCUT2D eigenvalue weighted by Gasteiger charge is -2.12. The molecule has 0 spiro atoms. The fourth-order valence-corrected chi connectivity index (χ4v) is 3.57. The van der Waals surface area contributed by atoms with E-state index < -0.39 is 0 Å². The second-order valence-electron chi connectivity index (χ2n) is 6.13. The van der Waals surface area contributed by atoms with Crippen molar-refractivity contribution < 1.29 is 9.53 Å². The lowest BCUT2D eigenvalue weighted by Crippen LogP contribution is -2.37. The average molecular weight is 479 g/mol. The van der Waals surface area contributed by atoms with Crippen LogP contribution in [0, 0.1) is 6.92 Å². The lowest BCUT2D eigenvalue weighted by molar-refractivity contribution is -0.148. The Bertz CT molecular complexity index is 542. The van der Waals surface area contributed by atoms with E-state index in [-0.39, 0.29) is 36.0 Å². The number of aryl methyl sites for hydroxylation is 1. The van der Waals surface area contributed by atoms with Gasteiger partial charge >= 0.3 is 5.97 Å². The molecule has 5 nitrogen and oxygen atoms in total. The minimum atomic E-state index is -0.0697. The van der Waals surface area contributed by atoms with Crippen molar-refractivity contribution in [3.05, 3.63) is 21.9 Å². The Morgan fingerprint density at radius 2 is 2.08 bits per heavy atom. The second-order valence-corrected chi connectivity index (χ2v) is 7.51. The van der Waals surface area contributed by atoms with E-state index in [0.717, 1.165) is 38.3 Å². The average Bonchev–Trinajstić information content (AvgIpc) is 3.20. The third kappa shape index (κ3) is 8.89. The summed E-state index contributed by atoms with van der Waals surface area (Å²) in [5.41, 5.74) is 0. The van der Waals surface area contributed by atoms with Crippen molar-refractivity contribution in [3.8, 4) is 0 Å². The number of hydrogen-bond donors (Lipinski definition) is 2. The van der Waals surface area contributed by atoms with Crippen LogP contribution in [0.2, 0.25) is 0 Å². The zero-order valence-electron chi connectivity index (χ0n) is 15.2. The van der Waals surface area contributed by atoms with Gasteiger partial charge in [-0.2, -0.15) is 0 Å². The first-order valence-corrected chi connectivity index (χ1v) is 9.76. The normalized spacial score (nSPS) is 14.9. The van der Waals surface area contributed by atoms with Crippen molar-refractivity contribution in [2.75, 3.05) is 13.1 Å². The molecule has 1 aliphatic rings. The van der Waals surface area contributed by atoms with Crippen LogP contribution in [-0.2, 0) is 16.1 Å². The molecule has 1 aromatic rings. The Labute approximate surface area is 172 Å². The number of carbonyl (C=O) groups excluding carboxylic acids is 1. The summed E-state index contributed by atoms with van der Waals surface area (Å²) in [6.45, 7) is 6.36. The van der Waals surface area contributed by atoms with E-state index in [2.05, 4.69) is 34.7 Å². The summed E-state index contributed by atoms with van der Waals surface area (Å²) in [5.74, 6) is 0.729. The van der Waals surface area contributed by atoms with Crippen LogP contribution in [0.5, 0.6) is 0 Å². The number of esters is 1. The fraction of sp³-hybridized carbons (Fsp3) is 0.667. The van der Waals surface area contributed by atoms with Gasteiger partial charge in [0.2, 0.25) is 0 Å². The zero-order chi connectivity index (χ0) is 17.2. The number of guanidine groups is 1. The van der Waals surface area contributed by atoms with Crippen LogP contribution in [0.4, 0.5) is 0 Å². The van der Waals surface area contributed by atoms with E-state index in [4.69, 9.17) is 4.74 Å². The predicted octanol–water partition coefficient (Wildman–Crippen LogP) is 4.00. The molecular formula is C18H30IN3O2S. The molecule has 25 heavy (non-hydrogen) atoms. The highest BCUT2D eigenvalue weighted by Crippen LogP contribution is 2.21. The summed E-state index contributed by atoms with van der Waals surface area (Å²) in [6, 6.07) is 4.23. The number of ether oxygens (including phenoxy) is 1. The molecule has 2 N–H and O–H groups in total. The number of thiophene rings is 1. The highest BCUT2D eigenvalue weighted by atomic mass is 127. The third-order valence-electron chi connectivity index (χ3n) is 3.98. The van der Waals surface area contributed by atoms with E-state index in [1.54, 1.807) is 11.3 Å². The smallest absolute Gasteiger partial charge is 0.306 e. The Kier molecular flexibility index (Phi) is 11.1. The van der Waals surface area contributed by atoms with Gasteiger partial charge in [-0.3, -0.25) is 4.79 Å². The first kappa shape index (κ1) is 22.2. The van der Waals surface area contributed by atoms with Crippen LogP contribution in [0.1, 0.15) is 55.2 Å². The van der Waals surface area contributed by atoms with E-state index in [1.807, 2.05) is 6.92 Å². The van der Waals surface area contributed by atoms with Gasteiger partial charge in [-0.15, -0.1) is 35.3 Å². The molecule has 2 rings (SSSR count). The molecule has 142 valence electrons. The molecule has 0 radical (unpaired) electrons. The quantitative estimate of drug-likeness (QED) is 0.195. The maximum atomic E-state index is 11.8. The van der Waals surface area contributed by atoms with Gasteiger partial charge in [-0.1, -0.05) is 0 Å². The van der Waals surface area contributed by atoms with Gasteiger partial charge in [0, 0.05) is 29.3 Å². The number of nitrogens with zero attached hydrogens (tertiary/aromatic N) is 1. The molecule has 1 heterocycles. The monoisotopic (exact) mass is 479 g/mol. The molecule has 0 saturated heterocycles. The molecule has 0 bridgehead atoms. The van der Waals surface area contributed by atoms with Crippen molar-refractivity contribution in [3.63, 3.8) is 0 Å². The van der Waals surface area contributed by atoms with E-state index in [9.17, 15) is 4.79 Å². The van der Waals surface area contributed by atoms with Crippen LogP contribution >= 0.6 is 35.3 Å². The maximum Gasteiger partial charge on any atom is 0.306 e. The maximum absolute atomic E-state index is 11.8. The molecule has 0 atom stereocenters. The van der Waals surface area contributed by atoms with Gasteiger partial charge in [0.15, 0.2) is 5.96 Å². The topological polar surface area (TPSA) is 62.7 Å². The standard InChI is InChI=1S/C18H29N3O2S.HI/c1-3-19-18(21-13-16-11-10-14(2)24-16)20-12-6-9-17(22)23-15-7-4-5-8-15;/h10-11,15H,3-9,12-13H2,1-2H3,(H2,19,20,21);1H. The summed E-state index contributed by atoms with van der Waals surface area (Å²) >= 11 is 1.77.